The highest BCUT2D eigenvalue weighted by molar-refractivity contribution is 5.64. The number of aliphatic hydroxyl groups excluding tert-OH is 1. The molecule has 4 N–H and O–H groups in total. The third-order valence-corrected chi connectivity index (χ3v) is 1.93. The summed E-state index contributed by atoms with van der Waals surface area (Å²) in [6, 6.07) is 1.78. The molecular weight excluding hydrogens is 166 g/mol. The number of aromatic nitrogens is 1. The fraction of sp³-hybridized carbons (Fsp3) is 0.444. The number of hydrogen-bond donors (Lipinski definition) is 3. The van der Waals surface area contributed by atoms with Gasteiger partial charge >= 0.3 is 0 Å². The maximum Gasteiger partial charge on any atom is 0.0763 e. The predicted octanol–water partition coefficient (Wildman–Crippen LogP) is 0.847. The maximum absolute atomic E-state index is 8.95. The van der Waals surface area contributed by atoms with Gasteiger partial charge in [-0.25, -0.2) is 0 Å². The molecule has 1 heterocycles. The van der Waals surface area contributed by atoms with Gasteiger partial charge in [-0.15, -0.1) is 0 Å². The zero-order valence-corrected chi connectivity index (χ0v) is 7.70. The van der Waals surface area contributed by atoms with E-state index in [0.29, 0.717) is 5.69 Å². The van der Waals surface area contributed by atoms with Crippen molar-refractivity contribution in [2.45, 2.75) is 19.4 Å². The SMILES string of the molecule is CCC(CO)Nc1cnccc1N. The van der Waals surface area contributed by atoms with Crippen molar-refractivity contribution in [2.75, 3.05) is 17.7 Å². The number of rotatable bonds is 4. The molecule has 1 rings (SSSR count). The number of aliphatic hydroxyl groups is 1. The molecule has 0 fully saturated rings. The van der Waals surface area contributed by atoms with E-state index in [9.17, 15) is 0 Å². The van der Waals surface area contributed by atoms with Crippen molar-refractivity contribution in [3.8, 4) is 0 Å². The minimum Gasteiger partial charge on any atom is -0.397 e. The van der Waals surface area contributed by atoms with Crippen molar-refractivity contribution in [2.24, 2.45) is 0 Å². The van der Waals surface area contributed by atoms with Crippen LogP contribution in [0.5, 0.6) is 0 Å². The zero-order chi connectivity index (χ0) is 9.68. The molecule has 0 bridgehead atoms. The second kappa shape index (κ2) is 4.67. The molecule has 0 amide bonds. The van der Waals surface area contributed by atoms with E-state index in [1.54, 1.807) is 18.5 Å². The van der Waals surface area contributed by atoms with Gasteiger partial charge in [0, 0.05) is 12.2 Å². The highest BCUT2D eigenvalue weighted by Crippen LogP contribution is 2.16. The topological polar surface area (TPSA) is 71.2 Å². The van der Waals surface area contributed by atoms with Crippen molar-refractivity contribution in [3.05, 3.63) is 18.5 Å². The first kappa shape index (κ1) is 9.80. The van der Waals surface area contributed by atoms with Gasteiger partial charge in [0.15, 0.2) is 0 Å². The normalized spacial score (nSPS) is 12.5. The summed E-state index contributed by atoms with van der Waals surface area (Å²) < 4.78 is 0. The lowest BCUT2D eigenvalue weighted by atomic mass is 10.2. The Bertz CT molecular complexity index is 261. The minimum atomic E-state index is 0.0477. The molecule has 1 aromatic heterocycles. The van der Waals surface area contributed by atoms with Crippen LogP contribution in [0.4, 0.5) is 11.4 Å². The van der Waals surface area contributed by atoms with Gasteiger partial charge < -0.3 is 16.2 Å². The molecule has 13 heavy (non-hydrogen) atoms. The third-order valence-electron chi connectivity index (χ3n) is 1.93. The quantitative estimate of drug-likeness (QED) is 0.644. The zero-order valence-electron chi connectivity index (χ0n) is 7.70. The lowest BCUT2D eigenvalue weighted by Gasteiger charge is -2.16. The molecule has 0 saturated carbocycles. The molecule has 4 heteroatoms. The third kappa shape index (κ3) is 2.59. The molecule has 72 valence electrons. The molecular formula is C9H15N3O. The van der Waals surface area contributed by atoms with Crippen LogP contribution in [0.1, 0.15) is 13.3 Å². The van der Waals surface area contributed by atoms with Crippen LogP contribution in [0.15, 0.2) is 18.5 Å². The molecule has 0 aromatic carbocycles. The fourth-order valence-electron chi connectivity index (χ4n) is 1.02. The highest BCUT2D eigenvalue weighted by Gasteiger charge is 2.05. The van der Waals surface area contributed by atoms with Crippen LogP contribution >= 0.6 is 0 Å². The van der Waals surface area contributed by atoms with Gasteiger partial charge in [-0.2, -0.15) is 0 Å². The van der Waals surface area contributed by atoms with Crippen molar-refractivity contribution in [1.29, 1.82) is 0 Å². The molecule has 0 spiro atoms. The van der Waals surface area contributed by atoms with Crippen molar-refractivity contribution in [3.63, 3.8) is 0 Å². The Morgan fingerprint density at radius 2 is 2.46 bits per heavy atom. The molecule has 0 aliphatic heterocycles. The number of nitrogen functional groups attached to an aromatic ring is 1. The molecule has 0 radical (unpaired) electrons. The van der Waals surface area contributed by atoms with E-state index in [2.05, 4.69) is 10.3 Å². The van der Waals surface area contributed by atoms with E-state index in [0.717, 1.165) is 12.1 Å². The van der Waals surface area contributed by atoms with E-state index in [4.69, 9.17) is 10.8 Å². The fourth-order valence-corrected chi connectivity index (χ4v) is 1.02. The van der Waals surface area contributed by atoms with Crippen molar-refractivity contribution >= 4 is 11.4 Å². The predicted molar refractivity (Wildman–Crippen MR) is 53.4 cm³/mol. The summed E-state index contributed by atoms with van der Waals surface area (Å²) in [7, 11) is 0. The number of anilines is 2. The average molecular weight is 181 g/mol. The van der Waals surface area contributed by atoms with Crippen LogP contribution in [0.2, 0.25) is 0 Å². The van der Waals surface area contributed by atoms with Crippen LogP contribution in [0.3, 0.4) is 0 Å². The standard InChI is InChI=1S/C9H15N3O/c1-2-7(6-13)12-9-5-11-4-3-8(9)10/h3-5,7,12-13H,2,6H2,1H3,(H2,10,11). The summed E-state index contributed by atoms with van der Waals surface area (Å²) in [5, 5.41) is 12.1. The van der Waals surface area contributed by atoms with E-state index in [1.807, 2.05) is 6.92 Å². The van der Waals surface area contributed by atoms with Gasteiger partial charge in [0.1, 0.15) is 0 Å². The number of nitrogens with zero attached hydrogens (tertiary/aromatic N) is 1. The minimum absolute atomic E-state index is 0.0477. The average Bonchev–Trinajstić information content (AvgIpc) is 2.17. The largest absolute Gasteiger partial charge is 0.397 e. The van der Waals surface area contributed by atoms with E-state index in [-0.39, 0.29) is 12.6 Å². The first-order valence-corrected chi connectivity index (χ1v) is 4.34. The first-order valence-electron chi connectivity index (χ1n) is 4.34. The Morgan fingerprint density at radius 1 is 1.69 bits per heavy atom. The molecule has 4 nitrogen and oxygen atoms in total. The summed E-state index contributed by atoms with van der Waals surface area (Å²) in [6.07, 6.45) is 4.15. The van der Waals surface area contributed by atoms with Crippen LogP contribution in [0, 0.1) is 0 Å². The summed E-state index contributed by atoms with van der Waals surface area (Å²) in [4.78, 5) is 3.94. The number of hydrogen-bond acceptors (Lipinski definition) is 4. The van der Waals surface area contributed by atoms with Gasteiger partial charge in [0.25, 0.3) is 0 Å². The van der Waals surface area contributed by atoms with Crippen molar-refractivity contribution < 1.29 is 5.11 Å². The van der Waals surface area contributed by atoms with Crippen LogP contribution in [0.25, 0.3) is 0 Å². The number of nitrogens with one attached hydrogen (secondary N) is 1. The molecule has 0 aliphatic rings. The van der Waals surface area contributed by atoms with E-state index < -0.39 is 0 Å². The Kier molecular flexibility index (Phi) is 3.52. The molecule has 1 atom stereocenters. The summed E-state index contributed by atoms with van der Waals surface area (Å²) in [5.41, 5.74) is 7.13. The Balaban J connectivity index is 2.67. The van der Waals surface area contributed by atoms with Crippen LogP contribution < -0.4 is 11.1 Å². The lowest BCUT2D eigenvalue weighted by molar-refractivity contribution is 0.272. The van der Waals surface area contributed by atoms with Crippen molar-refractivity contribution in [1.82, 2.24) is 4.98 Å². The van der Waals surface area contributed by atoms with Gasteiger partial charge in [0.2, 0.25) is 0 Å². The second-order valence-corrected chi connectivity index (χ2v) is 2.90. The Labute approximate surface area is 77.8 Å². The van der Waals surface area contributed by atoms with Gasteiger partial charge in [-0.1, -0.05) is 6.92 Å². The number of pyridine rings is 1. The van der Waals surface area contributed by atoms with Crippen LogP contribution in [-0.4, -0.2) is 22.7 Å². The van der Waals surface area contributed by atoms with Gasteiger partial charge in [0.05, 0.1) is 24.2 Å². The Morgan fingerprint density at radius 3 is 3.00 bits per heavy atom. The molecule has 0 saturated heterocycles. The smallest absolute Gasteiger partial charge is 0.0763 e. The first-order chi connectivity index (χ1) is 6.27. The molecule has 1 aromatic rings. The van der Waals surface area contributed by atoms with Gasteiger partial charge in [-0.05, 0) is 12.5 Å². The molecule has 0 aliphatic carbocycles. The van der Waals surface area contributed by atoms with E-state index in [1.165, 1.54) is 0 Å². The highest BCUT2D eigenvalue weighted by atomic mass is 16.3. The summed E-state index contributed by atoms with van der Waals surface area (Å²) >= 11 is 0. The summed E-state index contributed by atoms with van der Waals surface area (Å²) in [6.45, 7) is 2.10. The number of nitrogens with two attached hydrogens (primary N) is 1. The monoisotopic (exact) mass is 181 g/mol. The summed E-state index contributed by atoms with van der Waals surface area (Å²) in [5.74, 6) is 0. The Hall–Kier alpha value is -1.29. The van der Waals surface area contributed by atoms with Gasteiger partial charge in [-0.3, -0.25) is 4.98 Å². The van der Waals surface area contributed by atoms with Crippen LogP contribution in [-0.2, 0) is 0 Å². The molecule has 1 unspecified atom stereocenters. The maximum atomic E-state index is 8.95. The van der Waals surface area contributed by atoms with E-state index >= 15 is 0 Å². The lowest BCUT2D eigenvalue weighted by Crippen LogP contribution is -2.23. The second-order valence-electron chi connectivity index (χ2n) is 2.90.